The lowest BCUT2D eigenvalue weighted by Gasteiger charge is -2.57. The molecule has 0 unspecified atom stereocenters. The first kappa shape index (κ1) is 20.5. The zero-order valence-corrected chi connectivity index (χ0v) is 18.4. The average molecular weight is 421 g/mol. The second-order valence-corrected chi connectivity index (χ2v) is 10.7. The van der Waals surface area contributed by atoms with E-state index >= 15 is 0 Å². The van der Waals surface area contributed by atoms with Crippen molar-refractivity contribution in [2.75, 3.05) is 0 Å². The fraction of sp³-hybridized carbons (Fsp3) is 0.556. The maximum Gasteiger partial charge on any atom is 0.331 e. The molecule has 0 amide bonds. The second kappa shape index (κ2) is 7.08. The highest BCUT2D eigenvalue weighted by Crippen LogP contribution is 2.66. The number of hydrogen-bond acceptors (Lipinski definition) is 3. The zero-order chi connectivity index (χ0) is 22.0. The van der Waals surface area contributed by atoms with Crippen molar-refractivity contribution >= 4 is 11.8 Å². The topological polar surface area (TPSA) is 74.6 Å². The first-order chi connectivity index (χ1) is 14.7. The van der Waals surface area contributed by atoms with E-state index in [1.807, 2.05) is 6.08 Å². The number of carboxylic acids is 1. The van der Waals surface area contributed by atoms with Crippen LogP contribution < -0.4 is 0 Å². The van der Waals surface area contributed by atoms with Crippen molar-refractivity contribution < 1.29 is 19.8 Å². The minimum absolute atomic E-state index is 0.0224. The number of carbonyl (C=O) groups is 2. The van der Waals surface area contributed by atoms with Crippen LogP contribution in [0.4, 0.5) is 0 Å². The van der Waals surface area contributed by atoms with Gasteiger partial charge in [0, 0.05) is 17.1 Å². The van der Waals surface area contributed by atoms with Crippen molar-refractivity contribution in [1.29, 1.82) is 0 Å². The smallest absolute Gasteiger partial charge is 0.331 e. The van der Waals surface area contributed by atoms with Gasteiger partial charge < -0.3 is 10.2 Å². The van der Waals surface area contributed by atoms with Gasteiger partial charge in [0.05, 0.1) is 0 Å². The molecular formula is C27H32O4. The molecule has 2 fully saturated rings. The van der Waals surface area contributed by atoms with Crippen LogP contribution in [0.25, 0.3) is 0 Å². The van der Waals surface area contributed by atoms with Gasteiger partial charge in [0.15, 0.2) is 5.78 Å². The van der Waals surface area contributed by atoms with Gasteiger partial charge in [-0.3, -0.25) is 4.79 Å². The molecule has 1 aromatic carbocycles. The Labute approximate surface area is 184 Å². The molecule has 164 valence electrons. The summed E-state index contributed by atoms with van der Waals surface area (Å²) in [5.41, 5.74) is 2.57. The van der Waals surface area contributed by atoms with E-state index in [4.69, 9.17) is 0 Å². The van der Waals surface area contributed by atoms with Crippen molar-refractivity contribution in [3.05, 3.63) is 53.1 Å². The van der Waals surface area contributed by atoms with Gasteiger partial charge in [0.25, 0.3) is 0 Å². The standard InChI is InChI=1S/C27H32O4/c1-26-13-11-17(25(30)31)15-18(26)5-8-20-21-9-10-23(27(21,2)14-12-22(20)26)24(29)16-3-6-19(28)7-4-16/h3-7,15,20-23,28H,8-14H2,1-2H3,(H,30,31)/t20-,21-,22-,23+,26-,27-/m0/s1. The summed E-state index contributed by atoms with van der Waals surface area (Å²) >= 11 is 0. The number of fused-ring (bicyclic) bond motifs is 5. The van der Waals surface area contributed by atoms with Crippen LogP contribution in [-0.4, -0.2) is 22.0 Å². The Morgan fingerprint density at radius 3 is 2.45 bits per heavy atom. The molecule has 0 aromatic heterocycles. The molecule has 1 aromatic rings. The van der Waals surface area contributed by atoms with E-state index < -0.39 is 5.97 Å². The second-order valence-electron chi connectivity index (χ2n) is 10.7. The van der Waals surface area contributed by atoms with Crippen LogP contribution in [-0.2, 0) is 4.79 Å². The Morgan fingerprint density at radius 2 is 1.74 bits per heavy atom. The highest BCUT2D eigenvalue weighted by Gasteiger charge is 2.59. The Kier molecular flexibility index (Phi) is 4.69. The summed E-state index contributed by atoms with van der Waals surface area (Å²) in [6, 6.07) is 6.72. The molecule has 6 atom stereocenters. The summed E-state index contributed by atoms with van der Waals surface area (Å²) in [6.07, 6.45) is 11.0. The van der Waals surface area contributed by atoms with Gasteiger partial charge >= 0.3 is 5.97 Å². The Hall–Kier alpha value is -2.36. The van der Waals surface area contributed by atoms with Crippen LogP contribution in [0.2, 0.25) is 0 Å². The van der Waals surface area contributed by atoms with Crippen LogP contribution in [0.1, 0.15) is 69.2 Å². The van der Waals surface area contributed by atoms with Crippen LogP contribution >= 0.6 is 0 Å². The molecule has 2 N–H and O–H groups in total. The fourth-order valence-electron chi connectivity index (χ4n) is 7.75. The number of hydrogen-bond donors (Lipinski definition) is 2. The third kappa shape index (κ3) is 3.01. The number of Topliss-reactive ketones (excluding diaryl/α,β-unsaturated/α-hetero) is 1. The molecule has 0 heterocycles. The molecule has 4 nitrogen and oxygen atoms in total. The van der Waals surface area contributed by atoms with Crippen molar-refractivity contribution in [2.45, 2.75) is 58.8 Å². The van der Waals surface area contributed by atoms with E-state index in [1.165, 1.54) is 5.57 Å². The van der Waals surface area contributed by atoms with Gasteiger partial charge in [-0.2, -0.15) is 0 Å². The van der Waals surface area contributed by atoms with E-state index in [-0.39, 0.29) is 28.3 Å². The largest absolute Gasteiger partial charge is 0.508 e. The molecular weight excluding hydrogens is 388 g/mol. The first-order valence-corrected chi connectivity index (χ1v) is 11.7. The quantitative estimate of drug-likeness (QED) is 0.608. The van der Waals surface area contributed by atoms with Crippen LogP contribution in [0, 0.1) is 34.5 Å². The van der Waals surface area contributed by atoms with Gasteiger partial charge in [0.2, 0.25) is 0 Å². The normalized spacial score (nSPS) is 38.9. The lowest BCUT2D eigenvalue weighted by atomic mass is 9.47. The number of aromatic hydroxyl groups is 1. The predicted molar refractivity (Wildman–Crippen MR) is 119 cm³/mol. The van der Waals surface area contributed by atoms with Crippen molar-refractivity contribution in [1.82, 2.24) is 0 Å². The third-order valence-corrected chi connectivity index (χ3v) is 9.51. The highest BCUT2D eigenvalue weighted by atomic mass is 16.4. The van der Waals surface area contributed by atoms with Crippen molar-refractivity contribution in [3.63, 3.8) is 0 Å². The van der Waals surface area contributed by atoms with Gasteiger partial charge in [-0.25, -0.2) is 4.79 Å². The van der Waals surface area contributed by atoms with Crippen LogP contribution in [0.3, 0.4) is 0 Å². The van der Waals surface area contributed by atoms with E-state index in [2.05, 4.69) is 19.9 Å². The maximum atomic E-state index is 13.4. The van der Waals surface area contributed by atoms with Crippen molar-refractivity contribution in [3.8, 4) is 5.75 Å². The minimum atomic E-state index is -0.785. The molecule has 0 radical (unpaired) electrons. The lowest BCUT2D eigenvalue weighted by molar-refractivity contribution is -0.133. The molecule has 0 spiro atoms. The third-order valence-electron chi connectivity index (χ3n) is 9.51. The van der Waals surface area contributed by atoms with Crippen molar-refractivity contribution in [2.24, 2.45) is 34.5 Å². The van der Waals surface area contributed by atoms with Crippen LogP contribution in [0.5, 0.6) is 5.75 Å². The van der Waals surface area contributed by atoms with Gasteiger partial charge in [-0.1, -0.05) is 19.9 Å². The summed E-state index contributed by atoms with van der Waals surface area (Å²) in [6.45, 7) is 4.69. The number of carbonyl (C=O) groups excluding carboxylic acids is 1. The molecule has 4 aliphatic carbocycles. The molecule has 0 bridgehead atoms. The lowest BCUT2D eigenvalue weighted by Crippen LogP contribution is -2.50. The molecule has 2 saturated carbocycles. The van der Waals surface area contributed by atoms with E-state index in [1.54, 1.807) is 24.3 Å². The van der Waals surface area contributed by atoms with Gasteiger partial charge in [0.1, 0.15) is 5.75 Å². The summed E-state index contributed by atoms with van der Waals surface area (Å²) in [5, 5.41) is 19.0. The number of phenolic OH excluding ortho intramolecular Hbond substituents is 1. The number of benzene rings is 1. The van der Waals surface area contributed by atoms with Crippen LogP contribution in [0.15, 0.2) is 47.6 Å². The molecule has 4 aliphatic rings. The van der Waals surface area contributed by atoms with Gasteiger partial charge in [-0.15, -0.1) is 0 Å². The Balaban J connectivity index is 1.43. The SMILES string of the molecule is C[C@]12CC[C@H]3[C@@H](CC=C4C=C(C(=O)O)CC[C@@]43C)[C@@H]1CC[C@@H]2C(=O)c1ccc(O)cc1. The maximum absolute atomic E-state index is 13.4. The predicted octanol–water partition coefficient (Wildman–Crippen LogP) is 5.77. The Bertz CT molecular complexity index is 987. The minimum Gasteiger partial charge on any atom is -0.508 e. The number of phenols is 1. The first-order valence-electron chi connectivity index (χ1n) is 11.7. The summed E-state index contributed by atoms with van der Waals surface area (Å²) in [5.74, 6) is 1.37. The number of aliphatic carboxylic acids is 1. The average Bonchev–Trinajstić information content (AvgIpc) is 3.10. The number of allylic oxidation sites excluding steroid dienone is 3. The Morgan fingerprint density at radius 1 is 1.00 bits per heavy atom. The van der Waals surface area contributed by atoms with E-state index in [9.17, 15) is 19.8 Å². The van der Waals surface area contributed by atoms with E-state index in [0.29, 0.717) is 35.3 Å². The molecule has 5 rings (SSSR count). The number of carboxylic acid groups (broad SMARTS) is 1. The summed E-state index contributed by atoms with van der Waals surface area (Å²) in [7, 11) is 0. The highest BCUT2D eigenvalue weighted by molar-refractivity contribution is 5.98. The molecule has 31 heavy (non-hydrogen) atoms. The zero-order valence-electron chi connectivity index (χ0n) is 18.4. The number of rotatable bonds is 3. The van der Waals surface area contributed by atoms with Gasteiger partial charge in [-0.05, 0) is 109 Å². The molecule has 0 saturated heterocycles. The monoisotopic (exact) mass is 420 g/mol. The molecule has 0 aliphatic heterocycles. The molecule has 4 heteroatoms. The summed E-state index contributed by atoms with van der Waals surface area (Å²) in [4.78, 5) is 24.9. The number of ketones is 1. The summed E-state index contributed by atoms with van der Waals surface area (Å²) < 4.78 is 0. The van der Waals surface area contributed by atoms with E-state index in [0.717, 1.165) is 38.5 Å². The fourth-order valence-corrected chi connectivity index (χ4v) is 7.75.